The minimum absolute atomic E-state index is 0.115. The van der Waals surface area contributed by atoms with Gasteiger partial charge in [-0.1, -0.05) is 0 Å². The predicted octanol–water partition coefficient (Wildman–Crippen LogP) is 0.519. The van der Waals surface area contributed by atoms with Crippen molar-refractivity contribution in [3.8, 4) is 0 Å². The van der Waals surface area contributed by atoms with Crippen LogP contribution in [0.5, 0.6) is 0 Å². The fourth-order valence-corrected chi connectivity index (χ4v) is 1.06. The van der Waals surface area contributed by atoms with Crippen molar-refractivity contribution in [2.24, 2.45) is 0 Å². The van der Waals surface area contributed by atoms with Crippen molar-refractivity contribution in [1.29, 1.82) is 0 Å². The smallest absolute Gasteiger partial charge is 0.254 e. The predicted molar refractivity (Wildman–Crippen MR) is 54.8 cm³/mol. The van der Waals surface area contributed by atoms with E-state index in [2.05, 4.69) is 5.32 Å². The van der Waals surface area contributed by atoms with Gasteiger partial charge in [0.2, 0.25) is 0 Å². The zero-order valence-electron chi connectivity index (χ0n) is 8.33. The number of halogens is 1. The lowest BCUT2D eigenvalue weighted by atomic mass is 10.1. The van der Waals surface area contributed by atoms with Gasteiger partial charge in [-0.25, -0.2) is 4.39 Å². The molecule has 0 saturated carbocycles. The molecule has 1 aromatic carbocycles. The monoisotopic (exact) mass is 212 g/mol. The van der Waals surface area contributed by atoms with Gasteiger partial charge >= 0.3 is 0 Å². The van der Waals surface area contributed by atoms with Gasteiger partial charge in [-0.3, -0.25) is 4.79 Å². The largest absolute Gasteiger partial charge is 0.399 e. The molecule has 0 aliphatic rings. The number of anilines is 1. The number of nitrogens with two attached hydrogens (primary N) is 1. The Hall–Kier alpha value is -1.62. The number of nitrogens with one attached hydrogen (secondary N) is 1. The molecule has 5 heteroatoms. The number of amides is 1. The zero-order chi connectivity index (χ0) is 11.4. The molecule has 15 heavy (non-hydrogen) atoms. The molecule has 0 radical (unpaired) electrons. The summed E-state index contributed by atoms with van der Waals surface area (Å²) in [6.45, 7) is 1.41. The zero-order valence-corrected chi connectivity index (χ0v) is 8.33. The van der Waals surface area contributed by atoms with Gasteiger partial charge in [0, 0.05) is 11.7 Å². The van der Waals surface area contributed by atoms with E-state index in [-0.39, 0.29) is 12.2 Å². The highest BCUT2D eigenvalue weighted by molar-refractivity contribution is 5.95. The maximum atomic E-state index is 13.2. The molecule has 82 valence electrons. The lowest BCUT2D eigenvalue weighted by Crippen LogP contribution is -2.35. The summed E-state index contributed by atoms with van der Waals surface area (Å²) in [5.74, 6) is -1.21. The molecule has 1 rings (SSSR count). The minimum atomic E-state index is -0.633. The first-order valence-corrected chi connectivity index (χ1v) is 4.51. The number of hydrogen-bond donors (Lipinski definition) is 3. The fraction of sp³-hybridized carbons (Fsp3) is 0.300. The lowest BCUT2D eigenvalue weighted by Gasteiger charge is -2.11. The van der Waals surface area contributed by atoms with Crippen LogP contribution in [0.15, 0.2) is 18.2 Å². The van der Waals surface area contributed by atoms with E-state index < -0.39 is 17.8 Å². The molecule has 1 aromatic rings. The van der Waals surface area contributed by atoms with Gasteiger partial charge in [0.05, 0.1) is 12.2 Å². The fourth-order valence-electron chi connectivity index (χ4n) is 1.06. The molecular formula is C10H13FN2O2. The molecule has 0 bridgehead atoms. The van der Waals surface area contributed by atoms with Gasteiger partial charge in [-0.05, 0) is 25.1 Å². The third-order valence-electron chi connectivity index (χ3n) is 1.89. The standard InChI is InChI=1S/C10H13FN2O2/c1-6(5-14)13-10(15)8-4-7(12)2-3-9(8)11/h2-4,6,14H,5,12H2,1H3,(H,13,15)/t6-/m1/s1. The van der Waals surface area contributed by atoms with Crippen LogP contribution in [0.25, 0.3) is 0 Å². The van der Waals surface area contributed by atoms with Crippen molar-refractivity contribution in [1.82, 2.24) is 5.32 Å². The van der Waals surface area contributed by atoms with Crippen LogP contribution in [0, 0.1) is 5.82 Å². The molecule has 1 amide bonds. The van der Waals surface area contributed by atoms with E-state index in [9.17, 15) is 9.18 Å². The maximum absolute atomic E-state index is 13.2. The topological polar surface area (TPSA) is 75.3 Å². The van der Waals surface area contributed by atoms with E-state index in [1.54, 1.807) is 6.92 Å². The van der Waals surface area contributed by atoms with Gasteiger partial charge in [0.1, 0.15) is 5.82 Å². The molecular weight excluding hydrogens is 199 g/mol. The van der Waals surface area contributed by atoms with Crippen LogP contribution >= 0.6 is 0 Å². The van der Waals surface area contributed by atoms with Crippen molar-refractivity contribution in [2.75, 3.05) is 12.3 Å². The Morgan fingerprint density at radius 1 is 1.67 bits per heavy atom. The second-order valence-electron chi connectivity index (χ2n) is 3.30. The Labute approximate surface area is 86.9 Å². The molecule has 4 N–H and O–H groups in total. The van der Waals surface area contributed by atoms with Gasteiger partial charge in [0.15, 0.2) is 0 Å². The highest BCUT2D eigenvalue weighted by Crippen LogP contribution is 2.11. The van der Waals surface area contributed by atoms with Crippen molar-refractivity contribution in [3.05, 3.63) is 29.6 Å². The van der Waals surface area contributed by atoms with E-state index in [1.165, 1.54) is 12.1 Å². The number of rotatable bonds is 3. The Morgan fingerprint density at radius 2 is 2.33 bits per heavy atom. The van der Waals surface area contributed by atoms with Crippen LogP contribution in [0.3, 0.4) is 0 Å². The normalized spacial score (nSPS) is 12.2. The molecule has 1 atom stereocenters. The number of aliphatic hydroxyl groups is 1. The van der Waals surface area contributed by atoms with E-state index in [0.717, 1.165) is 6.07 Å². The summed E-state index contributed by atoms with van der Waals surface area (Å²) in [7, 11) is 0. The first-order chi connectivity index (χ1) is 7.04. The number of hydrogen-bond acceptors (Lipinski definition) is 3. The summed E-state index contributed by atoms with van der Waals surface area (Å²) in [4.78, 5) is 11.5. The van der Waals surface area contributed by atoms with Gasteiger partial charge in [-0.15, -0.1) is 0 Å². The molecule has 0 heterocycles. The third-order valence-corrected chi connectivity index (χ3v) is 1.89. The summed E-state index contributed by atoms with van der Waals surface area (Å²) in [5.41, 5.74) is 5.63. The van der Waals surface area contributed by atoms with Crippen LogP contribution < -0.4 is 11.1 Å². The van der Waals surface area contributed by atoms with Crippen LogP contribution in [0.1, 0.15) is 17.3 Å². The molecule has 0 aromatic heterocycles. The summed E-state index contributed by atoms with van der Waals surface area (Å²) < 4.78 is 13.2. The van der Waals surface area contributed by atoms with Gasteiger partial charge in [0.25, 0.3) is 5.91 Å². The molecule has 0 unspecified atom stereocenters. The quantitative estimate of drug-likeness (QED) is 0.639. The minimum Gasteiger partial charge on any atom is -0.399 e. The Morgan fingerprint density at radius 3 is 2.93 bits per heavy atom. The van der Waals surface area contributed by atoms with E-state index in [0.29, 0.717) is 5.69 Å². The summed E-state index contributed by atoms with van der Waals surface area (Å²) in [6.07, 6.45) is 0. The number of carbonyl (C=O) groups is 1. The number of carbonyl (C=O) groups excluding carboxylic acids is 1. The van der Waals surface area contributed by atoms with E-state index >= 15 is 0 Å². The average Bonchev–Trinajstić information content (AvgIpc) is 2.21. The van der Waals surface area contributed by atoms with Crippen molar-refractivity contribution in [3.63, 3.8) is 0 Å². The third kappa shape index (κ3) is 2.92. The average molecular weight is 212 g/mol. The van der Waals surface area contributed by atoms with Gasteiger partial charge < -0.3 is 16.2 Å². The van der Waals surface area contributed by atoms with Crippen LogP contribution in [0.4, 0.5) is 10.1 Å². The van der Waals surface area contributed by atoms with Crippen LogP contribution in [-0.2, 0) is 0 Å². The van der Waals surface area contributed by atoms with E-state index in [4.69, 9.17) is 10.8 Å². The summed E-state index contributed by atoms with van der Waals surface area (Å²) in [6, 6.07) is 3.35. The van der Waals surface area contributed by atoms with Crippen molar-refractivity contribution >= 4 is 11.6 Å². The second kappa shape index (κ2) is 4.75. The lowest BCUT2D eigenvalue weighted by molar-refractivity contribution is 0.0918. The number of benzene rings is 1. The Balaban J connectivity index is 2.86. The second-order valence-corrected chi connectivity index (χ2v) is 3.30. The molecule has 4 nitrogen and oxygen atoms in total. The van der Waals surface area contributed by atoms with Crippen LogP contribution in [0.2, 0.25) is 0 Å². The number of nitrogen functional groups attached to an aromatic ring is 1. The molecule has 0 fully saturated rings. The van der Waals surface area contributed by atoms with Crippen molar-refractivity contribution < 1.29 is 14.3 Å². The molecule has 0 aliphatic heterocycles. The van der Waals surface area contributed by atoms with Crippen molar-refractivity contribution in [2.45, 2.75) is 13.0 Å². The number of aliphatic hydroxyl groups excluding tert-OH is 1. The molecule has 0 saturated heterocycles. The summed E-state index contributed by atoms with van der Waals surface area (Å²) in [5, 5.41) is 11.2. The van der Waals surface area contributed by atoms with Gasteiger partial charge in [-0.2, -0.15) is 0 Å². The first-order valence-electron chi connectivity index (χ1n) is 4.51. The molecule has 0 aliphatic carbocycles. The SMILES string of the molecule is C[C@H](CO)NC(=O)c1cc(N)ccc1F. The first kappa shape index (κ1) is 11.5. The maximum Gasteiger partial charge on any atom is 0.254 e. The highest BCUT2D eigenvalue weighted by atomic mass is 19.1. The summed E-state index contributed by atoms with van der Waals surface area (Å²) >= 11 is 0. The van der Waals surface area contributed by atoms with Crippen LogP contribution in [-0.4, -0.2) is 23.7 Å². The van der Waals surface area contributed by atoms with E-state index in [1.807, 2.05) is 0 Å². The Bertz CT molecular complexity index is 368. The Kier molecular flexibility index (Phi) is 3.62. The molecule has 0 spiro atoms. The highest BCUT2D eigenvalue weighted by Gasteiger charge is 2.13.